The molecule has 106 valence electrons. The Kier molecular flexibility index (Phi) is 3.05. The van der Waals surface area contributed by atoms with E-state index in [2.05, 4.69) is 4.98 Å². The van der Waals surface area contributed by atoms with Crippen LogP contribution in [0.15, 0.2) is 30.5 Å². The van der Waals surface area contributed by atoms with Gasteiger partial charge >= 0.3 is 6.18 Å². The number of hydrogen-bond acceptors (Lipinski definition) is 2. The molecule has 0 saturated carbocycles. The number of imidazole rings is 1. The van der Waals surface area contributed by atoms with Crippen LogP contribution in [0.5, 0.6) is 0 Å². The molecule has 1 aromatic carbocycles. The minimum Gasteiger partial charge on any atom is -0.333 e. The molecule has 3 rings (SSSR count). The summed E-state index contributed by atoms with van der Waals surface area (Å²) >= 11 is 0. The van der Waals surface area contributed by atoms with E-state index in [0.29, 0.717) is 11.3 Å². The molecule has 2 heterocycles. The van der Waals surface area contributed by atoms with Crippen molar-refractivity contribution in [3.05, 3.63) is 41.9 Å². The van der Waals surface area contributed by atoms with E-state index < -0.39 is 11.7 Å². The minimum atomic E-state index is -4.31. The van der Waals surface area contributed by atoms with Crippen LogP contribution in [0, 0.1) is 0 Å². The lowest BCUT2D eigenvalue weighted by Crippen LogP contribution is -2.21. The van der Waals surface area contributed by atoms with Gasteiger partial charge in [0.2, 0.25) is 0 Å². The second kappa shape index (κ2) is 4.63. The molecule has 0 radical (unpaired) electrons. The van der Waals surface area contributed by atoms with E-state index in [1.807, 2.05) is 10.8 Å². The van der Waals surface area contributed by atoms with Gasteiger partial charge < -0.3 is 10.3 Å². The number of halogens is 3. The molecule has 1 unspecified atom stereocenters. The highest BCUT2D eigenvalue weighted by molar-refractivity contribution is 5.59. The lowest BCUT2D eigenvalue weighted by atomic mass is 10.1. The smallest absolute Gasteiger partial charge is 0.333 e. The van der Waals surface area contributed by atoms with Crippen LogP contribution in [0.1, 0.15) is 30.3 Å². The highest BCUT2D eigenvalue weighted by Gasteiger charge is 2.30. The van der Waals surface area contributed by atoms with Crippen molar-refractivity contribution in [1.29, 1.82) is 0 Å². The number of rotatable bonds is 1. The first kappa shape index (κ1) is 13.2. The largest absolute Gasteiger partial charge is 0.416 e. The monoisotopic (exact) mass is 281 g/mol. The van der Waals surface area contributed by atoms with Crippen molar-refractivity contribution in [2.75, 3.05) is 0 Å². The molecule has 1 aromatic heterocycles. The third kappa shape index (κ3) is 2.31. The molecule has 1 aliphatic rings. The van der Waals surface area contributed by atoms with Crippen LogP contribution in [0.25, 0.3) is 11.3 Å². The average Bonchev–Trinajstić information content (AvgIpc) is 2.83. The number of hydrogen-bond donors (Lipinski definition) is 1. The van der Waals surface area contributed by atoms with Crippen LogP contribution in [0.3, 0.4) is 0 Å². The number of benzene rings is 1. The summed E-state index contributed by atoms with van der Waals surface area (Å²) in [5, 5.41) is 0. The summed E-state index contributed by atoms with van der Waals surface area (Å²) in [6.45, 7) is 0.858. The van der Waals surface area contributed by atoms with E-state index in [4.69, 9.17) is 5.73 Å². The number of fused-ring (bicyclic) bond motifs is 1. The van der Waals surface area contributed by atoms with Gasteiger partial charge in [0.25, 0.3) is 0 Å². The molecule has 0 aliphatic carbocycles. The normalized spacial score (nSPS) is 18.9. The molecule has 2 aromatic rings. The van der Waals surface area contributed by atoms with Crippen LogP contribution in [-0.4, -0.2) is 9.55 Å². The zero-order valence-corrected chi connectivity index (χ0v) is 10.7. The highest BCUT2D eigenvalue weighted by Crippen LogP contribution is 2.31. The summed E-state index contributed by atoms with van der Waals surface area (Å²) in [6.07, 6.45) is -0.564. The third-order valence-electron chi connectivity index (χ3n) is 3.56. The van der Waals surface area contributed by atoms with Crippen molar-refractivity contribution < 1.29 is 13.2 Å². The Balaban J connectivity index is 1.94. The molecule has 0 spiro atoms. The van der Waals surface area contributed by atoms with Crippen molar-refractivity contribution >= 4 is 0 Å². The summed E-state index contributed by atoms with van der Waals surface area (Å²) in [4.78, 5) is 4.45. The maximum Gasteiger partial charge on any atom is 0.416 e. The summed E-state index contributed by atoms with van der Waals surface area (Å²) in [5.74, 6) is 0.811. The summed E-state index contributed by atoms with van der Waals surface area (Å²) < 4.78 is 39.6. The molecular weight excluding hydrogens is 267 g/mol. The van der Waals surface area contributed by atoms with Crippen molar-refractivity contribution in [2.24, 2.45) is 5.73 Å². The molecule has 20 heavy (non-hydrogen) atoms. The molecular formula is C14H14F3N3. The highest BCUT2D eigenvalue weighted by atomic mass is 19.4. The third-order valence-corrected chi connectivity index (χ3v) is 3.56. The quantitative estimate of drug-likeness (QED) is 0.871. The number of alkyl halides is 3. The average molecular weight is 281 g/mol. The fourth-order valence-electron chi connectivity index (χ4n) is 2.48. The van der Waals surface area contributed by atoms with Gasteiger partial charge in [-0.3, -0.25) is 0 Å². The van der Waals surface area contributed by atoms with E-state index in [1.165, 1.54) is 12.1 Å². The summed E-state index contributed by atoms with van der Waals surface area (Å²) in [7, 11) is 0. The number of nitrogens with two attached hydrogens (primary N) is 1. The topological polar surface area (TPSA) is 43.8 Å². The molecule has 1 aliphatic heterocycles. The Morgan fingerprint density at radius 3 is 2.50 bits per heavy atom. The molecule has 1 atom stereocenters. The van der Waals surface area contributed by atoms with Gasteiger partial charge in [0.15, 0.2) is 0 Å². The first-order valence-corrected chi connectivity index (χ1v) is 6.45. The summed E-state index contributed by atoms with van der Waals surface area (Å²) in [5.41, 5.74) is 6.68. The van der Waals surface area contributed by atoms with Crippen molar-refractivity contribution in [3.8, 4) is 11.3 Å². The zero-order valence-electron chi connectivity index (χ0n) is 10.7. The summed E-state index contributed by atoms with van der Waals surface area (Å²) in [6, 6.07) is 4.96. The van der Waals surface area contributed by atoms with Crippen molar-refractivity contribution in [1.82, 2.24) is 9.55 Å². The van der Waals surface area contributed by atoms with E-state index in [9.17, 15) is 13.2 Å². The maximum atomic E-state index is 12.5. The maximum absolute atomic E-state index is 12.5. The molecule has 2 N–H and O–H groups in total. The lowest BCUT2D eigenvalue weighted by Gasteiger charge is -2.19. The number of aromatic nitrogens is 2. The predicted molar refractivity (Wildman–Crippen MR) is 68.8 cm³/mol. The minimum absolute atomic E-state index is 0.0908. The van der Waals surface area contributed by atoms with Crippen LogP contribution < -0.4 is 5.73 Å². The molecule has 0 bridgehead atoms. The van der Waals surface area contributed by atoms with Crippen molar-refractivity contribution in [2.45, 2.75) is 31.6 Å². The standard InChI is InChI=1S/C14H14F3N3/c15-14(16,17)10-5-3-9(4-6-10)12-8-20-7-1-2-11(18)13(20)19-12/h3-6,8,11H,1-2,7,18H2. The van der Waals surface area contributed by atoms with Crippen LogP contribution in [0.2, 0.25) is 0 Å². The van der Waals surface area contributed by atoms with Gasteiger partial charge in [0, 0.05) is 18.3 Å². The van der Waals surface area contributed by atoms with Gasteiger partial charge in [-0.25, -0.2) is 4.98 Å². The molecule has 3 nitrogen and oxygen atoms in total. The SMILES string of the molecule is NC1CCCn2cc(-c3ccc(C(F)(F)F)cc3)nc21. The number of nitrogens with zero attached hydrogens (tertiary/aromatic N) is 2. The zero-order chi connectivity index (χ0) is 14.3. The first-order chi connectivity index (χ1) is 9.45. The van der Waals surface area contributed by atoms with Crippen molar-refractivity contribution in [3.63, 3.8) is 0 Å². The Bertz CT molecular complexity index is 614. The van der Waals surface area contributed by atoms with Gasteiger partial charge in [-0.2, -0.15) is 13.2 Å². The fraction of sp³-hybridized carbons (Fsp3) is 0.357. The van der Waals surface area contributed by atoms with Gasteiger partial charge in [-0.05, 0) is 25.0 Å². The van der Waals surface area contributed by atoms with Gasteiger partial charge in [0.1, 0.15) is 5.82 Å². The molecule has 0 fully saturated rings. The predicted octanol–water partition coefficient (Wildman–Crippen LogP) is 3.36. The number of aryl methyl sites for hydroxylation is 1. The lowest BCUT2D eigenvalue weighted by molar-refractivity contribution is -0.137. The van der Waals surface area contributed by atoms with Gasteiger partial charge in [-0.1, -0.05) is 12.1 Å². The fourth-order valence-corrected chi connectivity index (χ4v) is 2.48. The Hall–Kier alpha value is -1.82. The Labute approximate surface area is 114 Å². The Morgan fingerprint density at radius 2 is 1.90 bits per heavy atom. The Morgan fingerprint density at radius 1 is 1.20 bits per heavy atom. The molecule has 0 amide bonds. The van der Waals surface area contributed by atoms with E-state index in [0.717, 1.165) is 37.3 Å². The first-order valence-electron chi connectivity index (χ1n) is 6.45. The van der Waals surface area contributed by atoms with Gasteiger partial charge in [0.05, 0.1) is 17.3 Å². The van der Waals surface area contributed by atoms with E-state index in [-0.39, 0.29) is 6.04 Å². The molecule has 0 saturated heterocycles. The van der Waals surface area contributed by atoms with Crippen LogP contribution in [0.4, 0.5) is 13.2 Å². The molecule has 6 heteroatoms. The van der Waals surface area contributed by atoms with Crippen LogP contribution >= 0.6 is 0 Å². The van der Waals surface area contributed by atoms with E-state index in [1.54, 1.807) is 0 Å². The van der Waals surface area contributed by atoms with E-state index >= 15 is 0 Å². The second-order valence-corrected chi connectivity index (χ2v) is 5.00. The van der Waals surface area contributed by atoms with Crippen LogP contribution in [-0.2, 0) is 12.7 Å². The van der Waals surface area contributed by atoms with Gasteiger partial charge in [-0.15, -0.1) is 0 Å². The second-order valence-electron chi connectivity index (χ2n) is 5.00.